The quantitative estimate of drug-likeness (QED) is 0.717. The normalized spacial score (nSPS) is 21.8. The number of aliphatic imine (C=N–C) groups is 1. The van der Waals surface area contributed by atoms with Crippen molar-refractivity contribution in [1.82, 2.24) is 9.91 Å². The van der Waals surface area contributed by atoms with Gasteiger partial charge in [0.15, 0.2) is 6.67 Å². The maximum Gasteiger partial charge on any atom is 0.420 e. The lowest BCUT2D eigenvalue weighted by Gasteiger charge is -2.40. The van der Waals surface area contributed by atoms with Crippen LogP contribution in [0.2, 0.25) is 0 Å². The predicted octanol–water partition coefficient (Wildman–Crippen LogP) is 0.777. The number of para-hydroxylation sites is 1. The largest absolute Gasteiger partial charge is 0.452 e. The lowest BCUT2D eigenvalue weighted by molar-refractivity contribution is -0.974. The number of benzene rings is 1. The Morgan fingerprint density at radius 2 is 1.93 bits per heavy atom. The highest BCUT2D eigenvalue weighted by atomic mass is 32.2. The second kappa shape index (κ2) is 6.53. The zero-order valence-electron chi connectivity index (χ0n) is 15.0. The zero-order valence-corrected chi connectivity index (χ0v) is 15.8. The van der Waals surface area contributed by atoms with Crippen molar-refractivity contribution < 1.29 is 36.1 Å². The fourth-order valence-electron chi connectivity index (χ4n) is 2.74. The van der Waals surface area contributed by atoms with Crippen LogP contribution in [0.25, 0.3) is 0 Å². The molecule has 0 saturated carbocycles. The van der Waals surface area contributed by atoms with Gasteiger partial charge in [-0.1, -0.05) is 6.07 Å². The number of nitrogens with zero attached hydrogens (tertiary/aromatic N) is 4. The van der Waals surface area contributed by atoms with Crippen molar-refractivity contribution in [3.8, 4) is 0 Å². The molecule has 0 bridgehead atoms. The SMILES string of the molecule is COC(=O)N1C[N+]2(C)C(=CC(=O)N2C)N=C1S(=O)(=O)Nc1c(F)cccc1F. The number of hydrogen-bond acceptors (Lipinski definition) is 6. The van der Waals surface area contributed by atoms with Crippen LogP contribution in [0.4, 0.5) is 19.3 Å². The highest BCUT2D eigenvalue weighted by Crippen LogP contribution is 2.32. The van der Waals surface area contributed by atoms with Crippen LogP contribution in [0.15, 0.2) is 35.1 Å². The first-order valence-electron chi connectivity index (χ1n) is 7.78. The number of fused-ring (bicyclic) bond motifs is 1. The van der Waals surface area contributed by atoms with E-state index in [1.807, 2.05) is 0 Å². The molecule has 10 nitrogen and oxygen atoms in total. The van der Waals surface area contributed by atoms with Gasteiger partial charge in [-0.05, 0) is 12.1 Å². The van der Waals surface area contributed by atoms with Crippen LogP contribution in [0.3, 0.4) is 0 Å². The first kappa shape index (κ1) is 19.7. The van der Waals surface area contributed by atoms with E-state index in [-0.39, 0.29) is 17.1 Å². The molecule has 1 aromatic carbocycles. The van der Waals surface area contributed by atoms with E-state index in [1.54, 1.807) is 4.72 Å². The molecule has 1 unspecified atom stereocenters. The first-order chi connectivity index (χ1) is 13.0. The Hall–Kier alpha value is -3.06. The fraction of sp³-hybridized carbons (Fsp3) is 0.267. The molecular formula is C15H16F2N5O5S+. The van der Waals surface area contributed by atoms with Crippen LogP contribution in [0.1, 0.15) is 0 Å². The number of methoxy groups -OCH3 is 1. The molecule has 0 radical (unpaired) electrons. The van der Waals surface area contributed by atoms with Crippen LogP contribution in [0, 0.1) is 11.6 Å². The number of rotatable bonds is 2. The molecule has 0 aliphatic carbocycles. The van der Waals surface area contributed by atoms with E-state index in [0.717, 1.165) is 31.4 Å². The molecule has 1 atom stereocenters. The molecule has 28 heavy (non-hydrogen) atoms. The van der Waals surface area contributed by atoms with E-state index in [1.165, 1.54) is 19.1 Å². The van der Waals surface area contributed by atoms with E-state index in [2.05, 4.69) is 9.73 Å². The van der Waals surface area contributed by atoms with Crippen molar-refractivity contribution in [1.29, 1.82) is 0 Å². The summed E-state index contributed by atoms with van der Waals surface area (Å²) in [4.78, 5) is 28.7. The zero-order chi connectivity index (χ0) is 20.9. The van der Waals surface area contributed by atoms with Gasteiger partial charge in [0.1, 0.15) is 17.3 Å². The number of sulfonamides is 1. The lowest BCUT2D eigenvalue weighted by Crippen LogP contribution is -2.63. The van der Waals surface area contributed by atoms with E-state index in [9.17, 15) is 26.8 Å². The van der Waals surface area contributed by atoms with Gasteiger partial charge in [0.05, 0.1) is 27.3 Å². The van der Waals surface area contributed by atoms with Crippen molar-refractivity contribution in [3.63, 3.8) is 0 Å². The van der Waals surface area contributed by atoms with Crippen molar-refractivity contribution in [2.75, 3.05) is 32.6 Å². The second-order valence-corrected chi connectivity index (χ2v) is 7.72. The van der Waals surface area contributed by atoms with Crippen LogP contribution in [0.5, 0.6) is 0 Å². The van der Waals surface area contributed by atoms with Crippen molar-refractivity contribution in [2.45, 2.75) is 0 Å². The van der Waals surface area contributed by atoms with Gasteiger partial charge in [0, 0.05) is 0 Å². The number of hydrogen-bond donors (Lipinski definition) is 1. The summed E-state index contributed by atoms with van der Waals surface area (Å²) in [5.41, 5.74) is -0.925. The van der Waals surface area contributed by atoms with Crippen LogP contribution in [-0.4, -0.2) is 68.0 Å². The van der Waals surface area contributed by atoms with Gasteiger partial charge >= 0.3 is 6.09 Å². The Kier molecular flexibility index (Phi) is 4.59. The molecule has 2 amide bonds. The molecule has 0 aromatic heterocycles. The summed E-state index contributed by atoms with van der Waals surface area (Å²) in [7, 11) is -0.714. The minimum atomic E-state index is -4.72. The predicted molar refractivity (Wildman–Crippen MR) is 92.5 cm³/mol. The molecule has 0 fully saturated rings. The third kappa shape index (κ3) is 2.97. The topological polar surface area (TPSA) is 108 Å². The van der Waals surface area contributed by atoms with Crippen LogP contribution in [-0.2, 0) is 19.6 Å². The molecular weight excluding hydrogens is 400 g/mol. The molecule has 1 N–H and O–H groups in total. The number of likely N-dealkylation sites (N-methyl/N-ethyl adjacent to an activating group) is 1. The third-order valence-corrected chi connectivity index (χ3v) is 5.68. The molecule has 3 rings (SSSR count). The molecule has 0 spiro atoms. The molecule has 13 heteroatoms. The van der Waals surface area contributed by atoms with Gasteiger partial charge in [-0.15, -0.1) is 0 Å². The number of amides is 2. The Bertz CT molecular complexity index is 1020. The number of nitrogens with one attached hydrogen (secondary N) is 1. The number of halogens is 2. The minimum Gasteiger partial charge on any atom is -0.452 e. The van der Waals surface area contributed by atoms with E-state index < -0.39 is 44.5 Å². The Morgan fingerprint density at radius 1 is 1.32 bits per heavy atom. The van der Waals surface area contributed by atoms with Crippen molar-refractivity contribution >= 4 is 32.9 Å². The van der Waals surface area contributed by atoms with Gasteiger partial charge < -0.3 is 4.74 Å². The number of quaternary nitrogens is 1. The fourth-order valence-corrected chi connectivity index (χ4v) is 3.93. The smallest absolute Gasteiger partial charge is 0.420 e. The maximum absolute atomic E-state index is 13.9. The summed E-state index contributed by atoms with van der Waals surface area (Å²) in [5, 5.41) is 0.384. The molecule has 2 aliphatic heterocycles. The monoisotopic (exact) mass is 416 g/mol. The number of amidine groups is 1. The second-order valence-electron chi connectivity index (χ2n) is 6.14. The highest BCUT2D eigenvalue weighted by molar-refractivity contribution is 8.07. The first-order valence-corrected chi connectivity index (χ1v) is 9.26. The summed E-state index contributed by atoms with van der Waals surface area (Å²) in [6.45, 7) is -0.347. The minimum absolute atomic E-state index is 0.0297. The molecule has 2 aliphatic rings. The summed E-state index contributed by atoms with van der Waals surface area (Å²) in [6, 6.07) is 2.79. The lowest BCUT2D eigenvalue weighted by atomic mass is 10.3. The Labute approximate surface area is 158 Å². The van der Waals surface area contributed by atoms with E-state index in [4.69, 9.17) is 0 Å². The number of carbonyl (C=O) groups is 2. The van der Waals surface area contributed by atoms with Crippen LogP contribution >= 0.6 is 0 Å². The Morgan fingerprint density at radius 3 is 2.50 bits per heavy atom. The van der Waals surface area contributed by atoms with Gasteiger partial charge in [0.2, 0.25) is 0 Å². The summed E-state index contributed by atoms with van der Waals surface area (Å²) in [6.07, 6.45) is 0.0256. The van der Waals surface area contributed by atoms with Gasteiger partial charge in [-0.25, -0.2) is 13.6 Å². The summed E-state index contributed by atoms with van der Waals surface area (Å²) < 4.78 is 59.4. The average Bonchev–Trinajstić information content (AvgIpc) is 2.86. The summed E-state index contributed by atoms with van der Waals surface area (Å²) >= 11 is 0. The van der Waals surface area contributed by atoms with E-state index in [0.29, 0.717) is 4.90 Å². The molecule has 2 heterocycles. The number of carbonyl (C=O) groups excluding carboxylic acids is 2. The molecule has 0 saturated heterocycles. The number of anilines is 1. The van der Waals surface area contributed by atoms with Crippen molar-refractivity contribution in [2.24, 2.45) is 4.99 Å². The van der Waals surface area contributed by atoms with Gasteiger partial charge in [0.25, 0.3) is 26.9 Å². The standard InChI is InChI=1S/C15H16F2N5O5S/c1-20-12(23)7-11-18-14(21(15(24)27-3)8-22(11,20)2)28(25,26)19-13-9(16)5-4-6-10(13)17/h4-7,19H,8H2,1-3H3/q+1. The van der Waals surface area contributed by atoms with E-state index >= 15 is 0 Å². The molecule has 150 valence electrons. The third-order valence-electron chi connectivity index (χ3n) is 4.42. The van der Waals surface area contributed by atoms with Gasteiger partial charge in [-0.3, -0.25) is 9.52 Å². The highest BCUT2D eigenvalue weighted by Gasteiger charge is 2.52. The molecule has 1 aromatic rings. The number of ether oxygens (including phenoxy) is 1. The Balaban J connectivity index is 2.11. The van der Waals surface area contributed by atoms with Crippen LogP contribution < -0.4 is 4.72 Å². The maximum atomic E-state index is 13.9. The van der Waals surface area contributed by atoms with Crippen molar-refractivity contribution in [3.05, 3.63) is 41.7 Å². The average molecular weight is 416 g/mol. The van der Waals surface area contributed by atoms with Gasteiger partial charge in [-0.2, -0.15) is 27.9 Å². The summed E-state index contributed by atoms with van der Waals surface area (Å²) in [5.74, 6) is -2.74.